The Labute approximate surface area is 190 Å². The van der Waals surface area contributed by atoms with E-state index in [1.165, 1.54) is 22.9 Å². The molecule has 0 saturated carbocycles. The maximum absolute atomic E-state index is 5.51. The lowest BCUT2D eigenvalue weighted by Crippen LogP contribution is -2.37. The van der Waals surface area contributed by atoms with E-state index in [-0.39, 0.29) is 0 Å². The van der Waals surface area contributed by atoms with Gasteiger partial charge in [-0.1, -0.05) is 58.9 Å². The number of aromatic nitrogens is 5. The molecule has 0 aliphatic carbocycles. The van der Waals surface area contributed by atoms with Gasteiger partial charge in [-0.15, -0.1) is 10.2 Å². The second-order valence-electron chi connectivity index (χ2n) is 7.72. The number of nitrogens with zero attached hydrogens (tertiary/aromatic N) is 6. The lowest BCUT2D eigenvalue weighted by atomic mass is 10.1. The summed E-state index contributed by atoms with van der Waals surface area (Å²) >= 11 is 1.53. The zero-order valence-electron chi connectivity index (χ0n) is 18.1. The third-order valence-corrected chi connectivity index (χ3v) is 6.19. The van der Waals surface area contributed by atoms with Crippen LogP contribution in [0, 0.1) is 13.8 Å². The van der Waals surface area contributed by atoms with Crippen LogP contribution >= 0.6 is 11.8 Å². The topological polar surface area (TPSA) is 82.1 Å². The van der Waals surface area contributed by atoms with E-state index in [4.69, 9.17) is 9.26 Å². The Hall–Kier alpha value is -3.17. The summed E-state index contributed by atoms with van der Waals surface area (Å²) in [4.78, 5) is 6.77. The Balaban J connectivity index is 1.40. The van der Waals surface area contributed by atoms with E-state index in [2.05, 4.69) is 61.9 Å². The van der Waals surface area contributed by atoms with E-state index in [1.807, 2.05) is 30.3 Å². The van der Waals surface area contributed by atoms with E-state index in [9.17, 15) is 0 Å². The van der Waals surface area contributed by atoms with E-state index >= 15 is 0 Å². The van der Waals surface area contributed by atoms with Crippen LogP contribution < -0.4 is 4.90 Å². The molecule has 164 valence electrons. The van der Waals surface area contributed by atoms with E-state index in [0.717, 1.165) is 35.4 Å². The molecule has 1 aliphatic heterocycles. The van der Waals surface area contributed by atoms with Crippen LogP contribution in [0.5, 0.6) is 0 Å². The van der Waals surface area contributed by atoms with Crippen LogP contribution in [0.3, 0.4) is 0 Å². The van der Waals surface area contributed by atoms with Crippen molar-refractivity contribution in [2.24, 2.45) is 0 Å². The fraction of sp³-hybridized carbons (Fsp3) is 0.304. The molecular formula is C23H24N6O2S. The molecule has 0 unspecified atom stereocenters. The summed E-state index contributed by atoms with van der Waals surface area (Å²) in [6.07, 6.45) is 0. The first kappa shape index (κ1) is 20.7. The van der Waals surface area contributed by atoms with Gasteiger partial charge in [0, 0.05) is 18.7 Å². The average molecular weight is 449 g/mol. The zero-order chi connectivity index (χ0) is 21.9. The number of morpholine rings is 1. The van der Waals surface area contributed by atoms with Crippen LogP contribution in [-0.4, -0.2) is 51.2 Å². The van der Waals surface area contributed by atoms with Crippen molar-refractivity contribution in [2.75, 3.05) is 31.2 Å². The van der Waals surface area contributed by atoms with Gasteiger partial charge in [0.1, 0.15) is 0 Å². The maximum Gasteiger partial charge on any atom is 0.237 e. The van der Waals surface area contributed by atoms with Crippen molar-refractivity contribution in [3.8, 4) is 17.1 Å². The molecule has 32 heavy (non-hydrogen) atoms. The number of benzene rings is 2. The first-order chi connectivity index (χ1) is 15.7. The number of thioether (sulfide) groups is 1. The van der Waals surface area contributed by atoms with Crippen LogP contribution in [0.15, 0.2) is 58.2 Å². The van der Waals surface area contributed by atoms with Crippen molar-refractivity contribution in [3.63, 3.8) is 0 Å². The Morgan fingerprint density at radius 1 is 0.969 bits per heavy atom. The molecule has 1 aliphatic rings. The maximum atomic E-state index is 5.51. The highest BCUT2D eigenvalue weighted by atomic mass is 32.2. The molecule has 0 atom stereocenters. The fourth-order valence-corrected chi connectivity index (χ4v) is 4.36. The molecule has 9 heteroatoms. The van der Waals surface area contributed by atoms with Crippen LogP contribution in [0.4, 0.5) is 5.95 Å². The van der Waals surface area contributed by atoms with Crippen LogP contribution in [0.2, 0.25) is 0 Å². The van der Waals surface area contributed by atoms with Gasteiger partial charge in [0.05, 0.1) is 24.7 Å². The van der Waals surface area contributed by atoms with Gasteiger partial charge < -0.3 is 14.2 Å². The minimum atomic E-state index is 0.506. The molecule has 1 saturated heterocycles. The van der Waals surface area contributed by atoms with Crippen LogP contribution in [0.25, 0.3) is 17.1 Å². The smallest absolute Gasteiger partial charge is 0.237 e. The Morgan fingerprint density at radius 2 is 1.78 bits per heavy atom. The lowest BCUT2D eigenvalue weighted by Gasteiger charge is -2.28. The Bertz CT molecular complexity index is 1200. The first-order valence-electron chi connectivity index (χ1n) is 10.5. The van der Waals surface area contributed by atoms with E-state index in [0.29, 0.717) is 30.7 Å². The highest BCUT2D eigenvalue weighted by molar-refractivity contribution is 7.98. The predicted octanol–water partition coefficient (Wildman–Crippen LogP) is 4.06. The lowest BCUT2D eigenvalue weighted by molar-refractivity contribution is 0.122. The van der Waals surface area contributed by atoms with Gasteiger partial charge in [0.2, 0.25) is 17.7 Å². The summed E-state index contributed by atoms with van der Waals surface area (Å²) in [6.45, 7) is 7.09. The zero-order valence-corrected chi connectivity index (χ0v) is 18.9. The predicted molar refractivity (Wildman–Crippen MR) is 123 cm³/mol. The summed E-state index contributed by atoms with van der Waals surface area (Å²) in [6, 6.07) is 16.4. The fourth-order valence-electron chi connectivity index (χ4n) is 3.58. The molecule has 0 bridgehead atoms. The normalized spacial score (nSPS) is 14.1. The van der Waals surface area contributed by atoms with Gasteiger partial charge >= 0.3 is 0 Å². The summed E-state index contributed by atoms with van der Waals surface area (Å²) in [5.74, 6) is 2.48. The highest BCUT2D eigenvalue weighted by Gasteiger charge is 2.22. The van der Waals surface area contributed by atoms with E-state index in [1.54, 1.807) is 0 Å². The Morgan fingerprint density at radius 3 is 2.56 bits per heavy atom. The van der Waals surface area contributed by atoms with Gasteiger partial charge in [-0.3, -0.25) is 4.57 Å². The molecule has 0 N–H and O–H groups in total. The number of hydrogen-bond donors (Lipinski definition) is 0. The largest absolute Gasteiger partial charge is 0.378 e. The third-order valence-electron chi connectivity index (χ3n) is 5.27. The quantitative estimate of drug-likeness (QED) is 0.409. The van der Waals surface area contributed by atoms with Crippen molar-refractivity contribution in [3.05, 3.63) is 65.5 Å². The first-order valence-corrected chi connectivity index (χ1v) is 11.5. The van der Waals surface area contributed by atoms with Gasteiger partial charge in [0.25, 0.3) is 0 Å². The number of aryl methyl sites for hydroxylation is 2. The Kier molecular flexibility index (Phi) is 5.91. The van der Waals surface area contributed by atoms with Crippen molar-refractivity contribution < 1.29 is 9.26 Å². The van der Waals surface area contributed by atoms with Crippen molar-refractivity contribution in [1.29, 1.82) is 0 Å². The third kappa shape index (κ3) is 4.39. The molecule has 4 aromatic rings. The van der Waals surface area contributed by atoms with Gasteiger partial charge in [-0.25, -0.2) is 0 Å². The monoisotopic (exact) mass is 448 g/mol. The average Bonchev–Trinajstić information content (AvgIpc) is 3.46. The van der Waals surface area contributed by atoms with Gasteiger partial charge in [-0.05, 0) is 31.5 Å². The molecule has 8 nitrogen and oxygen atoms in total. The van der Waals surface area contributed by atoms with Crippen molar-refractivity contribution in [1.82, 2.24) is 24.9 Å². The number of ether oxygens (including phenoxy) is 1. The summed E-state index contributed by atoms with van der Waals surface area (Å²) in [5.41, 5.74) is 4.34. The summed E-state index contributed by atoms with van der Waals surface area (Å²) in [5, 5.41) is 13.9. The molecule has 0 amide bonds. The highest BCUT2D eigenvalue weighted by Crippen LogP contribution is 2.29. The van der Waals surface area contributed by atoms with Crippen molar-refractivity contribution in [2.45, 2.75) is 24.8 Å². The molecule has 0 radical (unpaired) electrons. The molecule has 0 spiro atoms. The molecule has 1 fully saturated rings. The minimum absolute atomic E-state index is 0.506. The minimum Gasteiger partial charge on any atom is -0.378 e. The molecular weight excluding hydrogens is 424 g/mol. The second-order valence-corrected chi connectivity index (χ2v) is 8.67. The van der Waals surface area contributed by atoms with Crippen LogP contribution in [0.1, 0.15) is 17.0 Å². The summed E-state index contributed by atoms with van der Waals surface area (Å²) < 4.78 is 13.1. The van der Waals surface area contributed by atoms with Gasteiger partial charge in [-0.2, -0.15) is 4.98 Å². The molecule has 2 aromatic carbocycles. The SMILES string of the molecule is Cc1ccc(-c2noc(CSc3nnc(N4CCOCC4)n3-c3cccc(C)c3)n2)cc1. The van der Waals surface area contributed by atoms with Crippen molar-refractivity contribution >= 4 is 17.7 Å². The van der Waals surface area contributed by atoms with E-state index < -0.39 is 0 Å². The molecule has 2 aromatic heterocycles. The summed E-state index contributed by atoms with van der Waals surface area (Å²) in [7, 11) is 0. The number of rotatable bonds is 6. The van der Waals surface area contributed by atoms with Crippen LogP contribution in [-0.2, 0) is 10.5 Å². The molecule has 5 rings (SSSR count). The van der Waals surface area contributed by atoms with Gasteiger partial charge in [0.15, 0.2) is 5.16 Å². The second kappa shape index (κ2) is 9.13. The number of anilines is 1. The number of hydrogen-bond acceptors (Lipinski definition) is 8. The standard InChI is InChI=1S/C23H24N6O2S/c1-16-6-8-18(9-7-16)21-24-20(31-27-21)15-32-23-26-25-22(28-10-12-30-13-11-28)29(23)19-5-3-4-17(2)14-19/h3-9,14H,10-13,15H2,1-2H3. The molecule has 3 heterocycles.